The van der Waals surface area contributed by atoms with Gasteiger partial charge in [0.25, 0.3) is 0 Å². The van der Waals surface area contributed by atoms with Crippen molar-refractivity contribution in [2.45, 2.75) is 13.1 Å². The summed E-state index contributed by atoms with van der Waals surface area (Å²) < 4.78 is 37.9. The van der Waals surface area contributed by atoms with Gasteiger partial charge in [0.05, 0.1) is 5.56 Å². The zero-order valence-electron chi connectivity index (χ0n) is 9.29. The Bertz CT molecular complexity index is 474. The molecule has 0 fully saturated rings. The lowest BCUT2D eigenvalue weighted by Crippen LogP contribution is -2.08. The molecule has 18 heavy (non-hydrogen) atoms. The highest BCUT2D eigenvalue weighted by molar-refractivity contribution is 8.13. The summed E-state index contributed by atoms with van der Waals surface area (Å²) in [5, 5.41) is -0.106. The maximum atomic E-state index is 12.6. The Labute approximate surface area is 111 Å². The zero-order valence-corrected chi connectivity index (χ0v) is 10.9. The number of carbonyl (C=O) groups is 1. The van der Waals surface area contributed by atoms with Crippen LogP contribution >= 0.6 is 23.4 Å². The van der Waals surface area contributed by atoms with Crippen molar-refractivity contribution in [3.8, 4) is 0 Å². The van der Waals surface area contributed by atoms with E-state index in [1.165, 1.54) is 19.1 Å². The zero-order chi connectivity index (χ0) is 13.8. The van der Waals surface area contributed by atoms with Crippen molar-refractivity contribution in [2.75, 3.05) is 5.75 Å². The minimum Gasteiger partial charge on any atom is -0.288 e. The van der Waals surface area contributed by atoms with E-state index in [9.17, 15) is 18.0 Å². The Morgan fingerprint density at radius 3 is 2.78 bits per heavy atom. The molecule has 0 spiro atoms. The van der Waals surface area contributed by atoms with Gasteiger partial charge in [0, 0.05) is 18.9 Å². The van der Waals surface area contributed by atoms with Crippen molar-refractivity contribution < 1.29 is 18.0 Å². The summed E-state index contributed by atoms with van der Waals surface area (Å²) in [7, 11) is 0. The van der Waals surface area contributed by atoms with Gasteiger partial charge in [-0.1, -0.05) is 35.5 Å². The van der Waals surface area contributed by atoms with E-state index in [-0.39, 0.29) is 15.8 Å². The molecule has 0 bridgehead atoms. The quantitative estimate of drug-likeness (QED) is 0.788. The number of aromatic nitrogens is 1. The largest absolute Gasteiger partial charge is 0.418 e. The highest BCUT2D eigenvalue weighted by Gasteiger charge is 2.33. The van der Waals surface area contributed by atoms with Gasteiger partial charge in [-0.2, -0.15) is 13.2 Å². The Balaban J connectivity index is 2.93. The lowest BCUT2D eigenvalue weighted by Gasteiger charge is -2.09. The number of nitrogens with zero attached hydrogens (tertiary/aromatic N) is 1. The first-order valence-electron chi connectivity index (χ1n) is 4.83. The molecule has 1 rings (SSSR count). The molecule has 1 aromatic heterocycles. The Morgan fingerprint density at radius 2 is 2.22 bits per heavy atom. The van der Waals surface area contributed by atoms with Crippen molar-refractivity contribution >= 4 is 34.6 Å². The second kappa shape index (κ2) is 6.24. The molecule has 1 aromatic rings. The standard InChI is InChI=1S/C11H9ClF3NOS/c1-7(17)18-4-2-3-8-5-10(12)16-6-9(8)11(13,14)15/h2-3,5-6H,4H2,1H3. The van der Waals surface area contributed by atoms with Crippen LogP contribution < -0.4 is 0 Å². The summed E-state index contributed by atoms with van der Waals surface area (Å²) in [6, 6.07) is 1.14. The van der Waals surface area contributed by atoms with E-state index in [0.29, 0.717) is 11.9 Å². The minimum absolute atomic E-state index is 0.0122. The molecule has 0 aliphatic rings. The number of rotatable bonds is 3. The van der Waals surface area contributed by atoms with E-state index in [2.05, 4.69) is 4.98 Å². The molecule has 0 aromatic carbocycles. The molecule has 0 atom stereocenters. The molecule has 0 amide bonds. The van der Waals surface area contributed by atoms with Crippen LogP contribution in [-0.4, -0.2) is 15.9 Å². The van der Waals surface area contributed by atoms with Gasteiger partial charge in [-0.25, -0.2) is 4.98 Å². The van der Waals surface area contributed by atoms with Crippen LogP contribution in [0.4, 0.5) is 13.2 Å². The summed E-state index contributed by atoms with van der Waals surface area (Å²) in [6.45, 7) is 1.39. The molecule has 98 valence electrons. The summed E-state index contributed by atoms with van der Waals surface area (Å²) in [5.41, 5.74) is -0.914. The molecule has 0 saturated carbocycles. The fourth-order valence-corrected chi connectivity index (χ4v) is 1.75. The monoisotopic (exact) mass is 295 g/mol. The molecule has 7 heteroatoms. The Morgan fingerprint density at radius 1 is 1.56 bits per heavy atom. The first kappa shape index (κ1) is 15.0. The van der Waals surface area contributed by atoms with Crippen LogP contribution in [0.3, 0.4) is 0 Å². The van der Waals surface area contributed by atoms with Gasteiger partial charge in [0.2, 0.25) is 0 Å². The topological polar surface area (TPSA) is 30.0 Å². The summed E-state index contributed by atoms with van der Waals surface area (Å²) in [6.07, 6.45) is -1.02. The number of pyridine rings is 1. The lowest BCUT2D eigenvalue weighted by atomic mass is 10.1. The third kappa shape index (κ3) is 4.70. The Hall–Kier alpha value is -1.01. The molecule has 0 saturated heterocycles. The van der Waals surface area contributed by atoms with Crippen molar-refractivity contribution in [3.63, 3.8) is 0 Å². The highest BCUT2D eigenvalue weighted by atomic mass is 35.5. The van der Waals surface area contributed by atoms with Crippen LogP contribution in [0.15, 0.2) is 18.3 Å². The molecule has 1 heterocycles. The van der Waals surface area contributed by atoms with E-state index in [1.807, 2.05) is 0 Å². The van der Waals surface area contributed by atoms with Gasteiger partial charge in [0.15, 0.2) is 5.12 Å². The van der Waals surface area contributed by atoms with Crippen molar-refractivity contribution in [2.24, 2.45) is 0 Å². The van der Waals surface area contributed by atoms with Crippen molar-refractivity contribution in [3.05, 3.63) is 34.6 Å². The Kier molecular flexibility index (Phi) is 5.22. The summed E-state index contributed by atoms with van der Waals surface area (Å²) >= 11 is 6.57. The van der Waals surface area contributed by atoms with Crippen LogP contribution in [0, 0.1) is 0 Å². The van der Waals surface area contributed by atoms with Gasteiger partial charge in [-0.05, 0) is 11.6 Å². The molecule has 0 aliphatic carbocycles. The van der Waals surface area contributed by atoms with E-state index < -0.39 is 11.7 Å². The molecule has 0 aliphatic heterocycles. The van der Waals surface area contributed by atoms with Crippen LogP contribution in [0.2, 0.25) is 5.15 Å². The minimum atomic E-state index is -4.48. The first-order chi connectivity index (χ1) is 8.30. The maximum Gasteiger partial charge on any atom is 0.418 e. The second-order valence-corrected chi connectivity index (χ2v) is 4.88. The number of carbonyl (C=O) groups excluding carboxylic acids is 1. The SMILES string of the molecule is CC(=O)SCC=Cc1cc(Cl)ncc1C(F)(F)F. The fraction of sp³-hybridized carbons (Fsp3) is 0.273. The third-order valence-electron chi connectivity index (χ3n) is 1.89. The number of hydrogen-bond acceptors (Lipinski definition) is 3. The summed E-state index contributed by atoms with van der Waals surface area (Å²) in [4.78, 5) is 14.1. The lowest BCUT2D eigenvalue weighted by molar-refractivity contribution is -0.138. The first-order valence-corrected chi connectivity index (χ1v) is 6.19. The van der Waals surface area contributed by atoms with E-state index in [0.717, 1.165) is 17.8 Å². The smallest absolute Gasteiger partial charge is 0.288 e. The second-order valence-electron chi connectivity index (χ2n) is 3.30. The number of thioether (sulfide) groups is 1. The van der Waals surface area contributed by atoms with Crippen molar-refractivity contribution in [1.82, 2.24) is 4.98 Å². The van der Waals surface area contributed by atoms with Gasteiger partial charge in [-0.3, -0.25) is 4.79 Å². The fourth-order valence-electron chi connectivity index (χ4n) is 1.16. The van der Waals surface area contributed by atoms with Gasteiger partial charge < -0.3 is 0 Å². The van der Waals surface area contributed by atoms with Gasteiger partial charge in [0.1, 0.15) is 5.15 Å². The molecule has 2 nitrogen and oxygen atoms in total. The highest BCUT2D eigenvalue weighted by Crippen LogP contribution is 2.33. The average molecular weight is 296 g/mol. The van der Waals surface area contributed by atoms with E-state index in [4.69, 9.17) is 11.6 Å². The van der Waals surface area contributed by atoms with Gasteiger partial charge in [-0.15, -0.1) is 0 Å². The van der Waals surface area contributed by atoms with Crippen LogP contribution in [0.1, 0.15) is 18.1 Å². The predicted octanol–water partition coefficient (Wildman–Crippen LogP) is 4.05. The number of hydrogen-bond donors (Lipinski definition) is 0. The van der Waals surface area contributed by atoms with Crippen molar-refractivity contribution in [1.29, 1.82) is 0 Å². The maximum absolute atomic E-state index is 12.6. The molecule has 0 unspecified atom stereocenters. The van der Waals surface area contributed by atoms with Crippen LogP contribution in [0.25, 0.3) is 6.08 Å². The van der Waals surface area contributed by atoms with Crippen LogP contribution in [0.5, 0.6) is 0 Å². The molecular weight excluding hydrogens is 287 g/mol. The summed E-state index contributed by atoms with van der Waals surface area (Å²) in [5.74, 6) is 0.312. The van der Waals surface area contributed by atoms with Gasteiger partial charge >= 0.3 is 6.18 Å². The molecular formula is C11H9ClF3NOS. The predicted molar refractivity (Wildman–Crippen MR) is 66.4 cm³/mol. The van der Waals surface area contributed by atoms with E-state index >= 15 is 0 Å². The average Bonchev–Trinajstić information content (AvgIpc) is 2.22. The van der Waals surface area contributed by atoms with E-state index in [1.54, 1.807) is 0 Å². The van der Waals surface area contributed by atoms with Crippen LogP contribution in [-0.2, 0) is 11.0 Å². The molecule has 0 N–H and O–H groups in total. The number of alkyl halides is 3. The third-order valence-corrected chi connectivity index (χ3v) is 2.86. The number of halogens is 4. The molecule has 0 radical (unpaired) electrons. The normalized spacial score (nSPS) is 12.1.